The van der Waals surface area contributed by atoms with E-state index in [1.54, 1.807) is 34.6 Å². The number of imidazole rings is 1. The van der Waals surface area contributed by atoms with E-state index in [1.807, 2.05) is 24.3 Å². The molecular weight excluding hydrogens is 252 g/mol. The molecule has 0 spiro atoms. The minimum atomic E-state index is 0.571. The van der Waals surface area contributed by atoms with Gasteiger partial charge >= 0.3 is 0 Å². The fourth-order valence-corrected chi connectivity index (χ4v) is 2.60. The molecule has 0 fully saturated rings. The van der Waals surface area contributed by atoms with Crippen molar-refractivity contribution >= 4 is 44.0 Å². The number of fused-ring (bicyclic) bond motifs is 1. The van der Waals surface area contributed by atoms with Crippen LogP contribution in [0.3, 0.4) is 0 Å². The minimum Gasteiger partial charge on any atom is -0.308 e. The Labute approximate surface area is 107 Å². The van der Waals surface area contributed by atoms with Crippen molar-refractivity contribution in [1.29, 1.82) is 0 Å². The van der Waals surface area contributed by atoms with Crippen LogP contribution in [0.1, 0.15) is 0 Å². The number of rotatable bonds is 1. The zero-order chi connectivity index (χ0) is 11.7. The summed E-state index contributed by atoms with van der Waals surface area (Å²) < 4.78 is 2.88. The molecule has 0 aliphatic rings. The highest BCUT2D eigenvalue weighted by Gasteiger charge is 2.05. The molecule has 0 aliphatic carbocycles. The van der Waals surface area contributed by atoms with Gasteiger partial charge in [-0.3, -0.25) is 4.57 Å². The average molecular weight is 260 g/mol. The lowest BCUT2D eigenvalue weighted by Gasteiger charge is -2.03. The van der Waals surface area contributed by atoms with Crippen molar-refractivity contribution in [1.82, 2.24) is 14.5 Å². The Morgan fingerprint density at radius 1 is 1.35 bits per heavy atom. The molecule has 6 heteroatoms. The van der Waals surface area contributed by atoms with Crippen LogP contribution in [0.25, 0.3) is 10.2 Å². The third-order valence-corrected chi connectivity index (χ3v) is 3.51. The molecule has 0 saturated heterocycles. The van der Waals surface area contributed by atoms with Crippen LogP contribution in [0.4, 0.5) is 5.13 Å². The van der Waals surface area contributed by atoms with E-state index < -0.39 is 0 Å². The van der Waals surface area contributed by atoms with Gasteiger partial charge in [-0.05, 0) is 24.4 Å². The Kier molecular flexibility index (Phi) is 2.58. The first kappa shape index (κ1) is 10.4. The van der Waals surface area contributed by atoms with E-state index in [0.717, 1.165) is 15.3 Å². The van der Waals surface area contributed by atoms with Gasteiger partial charge in [0.25, 0.3) is 0 Å². The monoisotopic (exact) mass is 260 g/mol. The van der Waals surface area contributed by atoms with Crippen molar-refractivity contribution < 1.29 is 0 Å². The van der Waals surface area contributed by atoms with Crippen LogP contribution in [-0.4, -0.2) is 19.6 Å². The molecule has 0 saturated carbocycles. The summed E-state index contributed by atoms with van der Waals surface area (Å²) in [6.45, 7) is 0. The van der Waals surface area contributed by atoms with Gasteiger partial charge in [-0.15, -0.1) is 0 Å². The van der Waals surface area contributed by atoms with Crippen LogP contribution in [0.15, 0.2) is 43.0 Å². The zero-order valence-corrected chi connectivity index (χ0v) is 10.3. The molecule has 3 aromatic rings. The molecule has 2 heterocycles. The van der Waals surface area contributed by atoms with Crippen LogP contribution in [0.5, 0.6) is 0 Å². The van der Waals surface area contributed by atoms with Crippen molar-refractivity contribution in [3.8, 4) is 0 Å². The van der Waals surface area contributed by atoms with Crippen LogP contribution in [0.2, 0.25) is 0 Å². The van der Waals surface area contributed by atoms with Gasteiger partial charge in [0.1, 0.15) is 6.33 Å². The number of benzene rings is 1. The topological polar surface area (TPSA) is 42.7 Å². The summed E-state index contributed by atoms with van der Waals surface area (Å²) in [6, 6.07) is 7.99. The fourth-order valence-electron chi connectivity index (χ4n) is 1.46. The maximum atomic E-state index is 5.24. The predicted molar refractivity (Wildman–Crippen MR) is 73.5 cm³/mol. The van der Waals surface area contributed by atoms with Crippen LogP contribution >= 0.6 is 23.6 Å². The number of aromatic nitrogens is 3. The number of nitrogens with one attached hydrogen (secondary N) is 1. The van der Waals surface area contributed by atoms with Gasteiger partial charge in [0, 0.05) is 12.4 Å². The molecule has 1 N–H and O–H groups in total. The number of thiocarbonyl (C=S) groups is 1. The van der Waals surface area contributed by atoms with E-state index >= 15 is 0 Å². The first-order valence-electron chi connectivity index (χ1n) is 4.98. The minimum absolute atomic E-state index is 0.571. The van der Waals surface area contributed by atoms with Gasteiger partial charge in [-0.1, -0.05) is 23.5 Å². The van der Waals surface area contributed by atoms with Crippen LogP contribution in [-0.2, 0) is 0 Å². The number of hydrogen-bond donors (Lipinski definition) is 1. The second-order valence-electron chi connectivity index (χ2n) is 3.39. The Hall–Kier alpha value is -1.79. The number of anilines is 1. The maximum Gasteiger partial charge on any atom is 0.190 e. The van der Waals surface area contributed by atoms with Crippen molar-refractivity contribution in [2.45, 2.75) is 0 Å². The van der Waals surface area contributed by atoms with Gasteiger partial charge < -0.3 is 5.32 Å². The Morgan fingerprint density at radius 3 is 3.00 bits per heavy atom. The fraction of sp³-hybridized carbons (Fsp3) is 0. The molecule has 0 amide bonds. The van der Waals surface area contributed by atoms with E-state index in [4.69, 9.17) is 12.2 Å². The zero-order valence-electron chi connectivity index (χ0n) is 8.70. The summed E-state index contributed by atoms with van der Waals surface area (Å²) in [5.74, 6) is 0. The molecule has 0 aliphatic heterocycles. The lowest BCUT2D eigenvalue weighted by atomic mass is 10.3. The summed E-state index contributed by atoms with van der Waals surface area (Å²) in [6.07, 6.45) is 5.14. The first-order chi connectivity index (χ1) is 8.33. The van der Waals surface area contributed by atoms with Gasteiger partial charge in [-0.25, -0.2) is 9.97 Å². The third kappa shape index (κ3) is 2.04. The first-order valence-corrected chi connectivity index (χ1v) is 6.20. The molecule has 3 rings (SSSR count). The lowest BCUT2D eigenvalue weighted by Crippen LogP contribution is -2.17. The van der Waals surface area contributed by atoms with Crippen LogP contribution in [0, 0.1) is 0 Å². The molecule has 1 aromatic carbocycles. The molecule has 2 aromatic heterocycles. The van der Waals surface area contributed by atoms with Crippen molar-refractivity contribution in [2.24, 2.45) is 0 Å². The third-order valence-electron chi connectivity index (χ3n) is 2.25. The molecule has 4 nitrogen and oxygen atoms in total. The number of hydrogen-bond acceptors (Lipinski definition) is 4. The van der Waals surface area contributed by atoms with E-state index in [9.17, 15) is 0 Å². The SMILES string of the molecule is S=C(Nc1nc2ccccc2s1)n1ccnc1. The van der Waals surface area contributed by atoms with E-state index in [0.29, 0.717) is 5.11 Å². The highest BCUT2D eigenvalue weighted by molar-refractivity contribution is 7.80. The molecule has 84 valence electrons. The summed E-state index contributed by atoms with van der Waals surface area (Å²) in [5.41, 5.74) is 0.980. The summed E-state index contributed by atoms with van der Waals surface area (Å²) >= 11 is 6.82. The smallest absolute Gasteiger partial charge is 0.190 e. The average Bonchev–Trinajstić information content (AvgIpc) is 2.97. The van der Waals surface area contributed by atoms with Gasteiger partial charge in [0.2, 0.25) is 0 Å². The Bertz CT molecular complexity index is 624. The Balaban J connectivity index is 1.88. The molecule has 17 heavy (non-hydrogen) atoms. The van der Waals surface area contributed by atoms with Crippen molar-refractivity contribution in [3.63, 3.8) is 0 Å². The number of thiazole rings is 1. The van der Waals surface area contributed by atoms with E-state index in [1.165, 1.54) is 0 Å². The number of nitrogens with zero attached hydrogens (tertiary/aromatic N) is 3. The van der Waals surface area contributed by atoms with Gasteiger partial charge in [-0.2, -0.15) is 0 Å². The normalized spacial score (nSPS) is 10.6. The largest absolute Gasteiger partial charge is 0.308 e. The predicted octanol–water partition coefficient (Wildman–Crippen LogP) is 2.74. The Morgan fingerprint density at radius 2 is 2.24 bits per heavy atom. The molecular formula is C11H8N4S2. The summed E-state index contributed by atoms with van der Waals surface area (Å²) in [4.78, 5) is 8.39. The van der Waals surface area contributed by atoms with Gasteiger partial charge in [0.15, 0.2) is 10.2 Å². The quantitative estimate of drug-likeness (QED) is 0.683. The highest BCUT2D eigenvalue weighted by Crippen LogP contribution is 2.25. The number of para-hydroxylation sites is 1. The van der Waals surface area contributed by atoms with Crippen molar-refractivity contribution in [3.05, 3.63) is 43.0 Å². The summed E-state index contributed by atoms with van der Waals surface area (Å²) in [5, 5.41) is 4.46. The maximum absolute atomic E-state index is 5.24. The summed E-state index contributed by atoms with van der Waals surface area (Å²) in [7, 11) is 0. The van der Waals surface area contributed by atoms with Crippen molar-refractivity contribution in [2.75, 3.05) is 5.32 Å². The van der Waals surface area contributed by atoms with Crippen LogP contribution < -0.4 is 5.32 Å². The standard InChI is InChI=1S/C11H8N4S2/c16-11(15-6-5-12-7-15)14-10-13-8-3-1-2-4-9(8)17-10/h1-7H,(H,13,14,16). The highest BCUT2D eigenvalue weighted by atomic mass is 32.1. The second kappa shape index (κ2) is 4.23. The molecule has 0 atom stereocenters. The van der Waals surface area contributed by atoms with E-state index in [-0.39, 0.29) is 0 Å². The lowest BCUT2D eigenvalue weighted by molar-refractivity contribution is 1.15. The molecule has 0 unspecified atom stereocenters. The molecule has 0 bridgehead atoms. The van der Waals surface area contributed by atoms with E-state index in [2.05, 4.69) is 15.3 Å². The van der Waals surface area contributed by atoms with Gasteiger partial charge in [0.05, 0.1) is 10.2 Å². The second-order valence-corrected chi connectivity index (χ2v) is 4.80. The molecule has 0 radical (unpaired) electrons.